The molecule has 0 aliphatic carbocycles. The molecule has 1 aromatic carbocycles. The zero-order valence-corrected chi connectivity index (χ0v) is 9.49. The van der Waals surface area contributed by atoms with E-state index in [1.54, 1.807) is 21.1 Å². The number of rotatable bonds is 5. The number of benzene rings is 1. The molecule has 0 aliphatic rings. The van der Waals surface area contributed by atoms with Gasteiger partial charge in [0, 0.05) is 6.07 Å². The van der Waals surface area contributed by atoms with Gasteiger partial charge in [0.15, 0.2) is 0 Å². The smallest absolute Gasteiger partial charge is 0.122 e. The van der Waals surface area contributed by atoms with Crippen LogP contribution < -0.4 is 9.47 Å². The van der Waals surface area contributed by atoms with Crippen molar-refractivity contribution in [2.45, 2.75) is 25.9 Å². The maximum atomic E-state index is 9.20. The Labute approximate surface area is 90.6 Å². The molecule has 84 valence electrons. The fourth-order valence-electron chi connectivity index (χ4n) is 1.39. The van der Waals surface area contributed by atoms with Crippen LogP contribution in [0.5, 0.6) is 11.5 Å². The number of ether oxygens (including phenoxy) is 2. The molecule has 1 rings (SSSR count). The van der Waals surface area contributed by atoms with E-state index in [1.165, 1.54) is 0 Å². The zero-order valence-electron chi connectivity index (χ0n) is 9.49. The Bertz CT molecular complexity index is 285. The Kier molecular flexibility index (Phi) is 4.43. The third kappa shape index (κ3) is 3.80. The van der Waals surface area contributed by atoms with Crippen LogP contribution in [0, 0.1) is 0 Å². The number of hydrogen-bond acceptors (Lipinski definition) is 3. The van der Waals surface area contributed by atoms with E-state index in [1.807, 2.05) is 18.2 Å². The summed E-state index contributed by atoms with van der Waals surface area (Å²) in [5.41, 5.74) is 1.12. The second-order valence-electron chi connectivity index (χ2n) is 3.61. The summed E-state index contributed by atoms with van der Waals surface area (Å²) in [6, 6.07) is 5.77. The van der Waals surface area contributed by atoms with Crippen LogP contribution in [0.3, 0.4) is 0 Å². The van der Waals surface area contributed by atoms with E-state index >= 15 is 0 Å². The van der Waals surface area contributed by atoms with E-state index in [0.717, 1.165) is 29.9 Å². The molecule has 0 spiro atoms. The van der Waals surface area contributed by atoms with Crippen LogP contribution >= 0.6 is 0 Å². The van der Waals surface area contributed by atoms with Gasteiger partial charge in [0.05, 0.1) is 20.3 Å². The van der Waals surface area contributed by atoms with Gasteiger partial charge in [0.25, 0.3) is 0 Å². The Hall–Kier alpha value is -1.22. The number of aryl methyl sites for hydroxylation is 1. The van der Waals surface area contributed by atoms with E-state index in [-0.39, 0.29) is 6.10 Å². The van der Waals surface area contributed by atoms with Crippen LogP contribution in [0.25, 0.3) is 0 Å². The van der Waals surface area contributed by atoms with Crippen LogP contribution in [-0.4, -0.2) is 25.4 Å². The SMILES string of the molecule is COc1cc(CC[C@@H](C)O)cc(OC)c1. The molecule has 1 atom stereocenters. The number of aliphatic hydroxyl groups is 1. The molecule has 0 heterocycles. The minimum atomic E-state index is -0.276. The third-order valence-electron chi connectivity index (χ3n) is 2.26. The van der Waals surface area contributed by atoms with Crippen molar-refractivity contribution in [3.63, 3.8) is 0 Å². The van der Waals surface area contributed by atoms with Gasteiger partial charge in [0.1, 0.15) is 11.5 Å². The standard InChI is InChI=1S/C12H18O3/c1-9(13)4-5-10-6-11(14-2)8-12(7-10)15-3/h6-9,13H,4-5H2,1-3H3/t9-/m1/s1. The van der Waals surface area contributed by atoms with Crippen molar-refractivity contribution in [3.05, 3.63) is 23.8 Å². The molecule has 0 bridgehead atoms. The van der Waals surface area contributed by atoms with Gasteiger partial charge in [-0.2, -0.15) is 0 Å². The second-order valence-corrected chi connectivity index (χ2v) is 3.61. The van der Waals surface area contributed by atoms with Gasteiger partial charge in [-0.25, -0.2) is 0 Å². The molecular formula is C12H18O3. The first-order valence-corrected chi connectivity index (χ1v) is 5.05. The fourth-order valence-corrected chi connectivity index (χ4v) is 1.39. The quantitative estimate of drug-likeness (QED) is 0.808. The molecule has 0 unspecified atom stereocenters. The highest BCUT2D eigenvalue weighted by molar-refractivity contribution is 5.38. The summed E-state index contributed by atoms with van der Waals surface area (Å²) in [5.74, 6) is 1.57. The maximum absolute atomic E-state index is 9.20. The number of aliphatic hydroxyl groups excluding tert-OH is 1. The molecule has 3 heteroatoms. The van der Waals surface area contributed by atoms with Crippen molar-refractivity contribution >= 4 is 0 Å². The molecule has 0 amide bonds. The number of methoxy groups -OCH3 is 2. The summed E-state index contributed by atoms with van der Waals surface area (Å²) in [7, 11) is 3.26. The minimum Gasteiger partial charge on any atom is -0.497 e. The lowest BCUT2D eigenvalue weighted by molar-refractivity contribution is 0.185. The normalized spacial score (nSPS) is 12.3. The predicted molar refractivity (Wildman–Crippen MR) is 59.5 cm³/mol. The summed E-state index contributed by atoms with van der Waals surface area (Å²) < 4.78 is 10.3. The van der Waals surface area contributed by atoms with E-state index in [9.17, 15) is 5.11 Å². The topological polar surface area (TPSA) is 38.7 Å². The van der Waals surface area contributed by atoms with Crippen molar-refractivity contribution in [3.8, 4) is 11.5 Å². The monoisotopic (exact) mass is 210 g/mol. The van der Waals surface area contributed by atoms with Gasteiger partial charge in [0.2, 0.25) is 0 Å². The van der Waals surface area contributed by atoms with Gasteiger partial charge in [-0.15, -0.1) is 0 Å². The van der Waals surface area contributed by atoms with Crippen molar-refractivity contribution < 1.29 is 14.6 Å². The Morgan fingerprint density at radius 3 is 2.07 bits per heavy atom. The first-order valence-electron chi connectivity index (χ1n) is 5.05. The van der Waals surface area contributed by atoms with E-state index in [0.29, 0.717) is 0 Å². The molecule has 1 N–H and O–H groups in total. The van der Waals surface area contributed by atoms with Gasteiger partial charge in [-0.3, -0.25) is 0 Å². The van der Waals surface area contributed by atoms with Crippen LogP contribution in [0.4, 0.5) is 0 Å². The average Bonchev–Trinajstić information content (AvgIpc) is 2.25. The van der Waals surface area contributed by atoms with Crippen LogP contribution in [0.15, 0.2) is 18.2 Å². The second kappa shape index (κ2) is 5.61. The molecule has 0 saturated carbocycles. The van der Waals surface area contributed by atoms with E-state index in [2.05, 4.69) is 0 Å². The fraction of sp³-hybridized carbons (Fsp3) is 0.500. The molecule has 15 heavy (non-hydrogen) atoms. The lowest BCUT2D eigenvalue weighted by Gasteiger charge is -2.09. The summed E-state index contributed by atoms with van der Waals surface area (Å²) in [5, 5.41) is 9.20. The highest BCUT2D eigenvalue weighted by atomic mass is 16.5. The third-order valence-corrected chi connectivity index (χ3v) is 2.26. The highest BCUT2D eigenvalue weighted by Gasteiger charge is 2.03. The van der Waals surface area contributed by atoms with Gasteiger partial charge in [-0.1, -0.05) is 0 Å². The van der Waals surface area contributed by atoms with Gasteiger partial charge < -0.3 is 14.6 Å². The molecule has 0 radical (unpaired) electrons. The van der Waals surface area contributed by atoms with E-state index in [4.69, 9.17) is 9.47 Å². The van der Waals surface area contributed by atoms with Crippen LogP contribution in [0.2, 0.25) is 0 Å². The highest BCUT2D eigenvalue weighted by Crippen LogP contribution is 2.23. The first-order chi connectivity index (χ1) is 7.15. The molecule has 1 aromatic rings. The molecular weight excluding hydrogens is 192 g/mol. The van der Waals surface area contributed by atoms with Crippen molar-refractivity contribution in [2.24, 2.45) is 0 Å². The van der Waals surface area contributed by atoms with Crippen LogP contribution in [-0.2, 0) is 6.42 Å². The van der Waals surface area contributed by atoms with Crippen molar-refractivity contribution in [2.75, 3.05) is 14.2 Å². The van der Waals surface area contributed by atoms with Gasteiger partial charge in [-0.05, 0) is 37.5 Å². The van der Waals surface area contributed by atoms with Gasteiger partial charge >= 0.3 is 0 Å². The van der Waals surface area contributed by atoms with Crippen molar-refractivity contribution in [1.82, 2.24) is 0 Å². The molecule has 0 aromatic heterocycles. The molecule has 0 saturated heterocycles. The van der Waals surface area contributed by atoms with E-state index < -0.39 is 0 Å². The Morgan fingerprint density at radius 2 is 1.67 bits per heavy atom. The Balaban J connectivity index is 2.77. The summed E-state index contributed by atoms with van der Waals surface area (Å²) >= 11 is 0. The zero-order chi connectivity index (χ0) is 11.3. The minimum absolute atomic E-state index is 0.276. The summed E-state index contributed by atoms with van der Waals surface area (Å²) in [6.07, 6.45) is 1.30. The van der Waals surface area contributed by atoms with Crippen LogP contribution in [0.1, 0.15) is 18.9 Å². The summed E-state index contributed by atoms with van der Waals surface area (Å²) in [4.78, 5) is 0. The maximum Gasteiger partial charge on any atom is 0.122 e. The average molecular weight is 210 g/mol. The Morgan fingerprint density at radius 1 is 1.13 bits per heavy atom. The summed E-state index contributed by atoms with van der Waals surface area (Å²) in [6.45, 7) is 1.79. The lowest BCUT2D eigenvalue weighted by atomic mass is 10.1. The largest absolute Gasteiger partial charge is 0.497 e. The number of hydrogen-bond donors (Lipinski definition) is 1. The molecule has 0 fully saturated rings. The molecule has 3 nitrogen and oxygen atoms in total. The molecule has 0 aliphatic heterocycles. The lowest BCUT2D eigenvalue weighted by Crippen LogP contribution is -2.01. The first kappa shape index (κ1) is 11.9. The van der Waals surface area contributed by atoms with Crippen molar-refractivity contribution in [1.29, 1.82) is 0 Å². The predicted octanol–water partition coefficient (Wildman–Crippen LogP) is 2.02.